The molecule has 0 aliphatic heterocycles. The maximum atomic E-state index is 10.0. The maximum absolute atomic E-state index is 10.0. The first-order valence-electron chi connectivity index (χ1n) is 5.13. The van der Waals surface area contributed by atoms with E-state index in [-0.39, 0.29) is 0 Å². The van der Waals surface area contributed by atoms with Crippen LogP contribution in [0.1, 0.15) is 30.3 Å². The number of nitrogens with zero attached hydrogens (tertiary/aromatic N) is 2. The Morgan fingerprint density at radius 3 is 3.00 bits per heavy atom. The van der Waals surface area contributed by atoms with Crippen molar-refractivity contribution in [1.29, 1.82) is 0 Å². The first-order chi connectivity index (χ1) is 7.70. The first-order valence-corrected chi connectivity index (χ1v) is 5.95. The monoisotopic (exact) mass is 232 g/mol. The van der Waals surface area contributed by atoms with Crippen molar-refractivity contribution in [2.45, 2.75) is 26.3 Å². The fourth-order valence-electron chi connectivity index (χ4n) is 1.46. The van der Waals surface area contributed by atoms with Crippen LogP contribution in [0.25, 0.3) is 10.2 Å². The number of hydrogen-bond donors (Lipinski definition) is 0. The Morgan fingerprint density at radius 1 is 1.50 bits per heavy atom. The zero-order valence-corrected chi connectivity index (χ0v) is 10.0. The summed E-state index contributed by atoms with van der Waals surface area (Å²) < 4.78 is 1.18. The van der Waals surface area contributed by atoms with E-state index in [9.17, 15) is 4.79 Å². The smallest absolute Gasteiger partial charge is 0.235 e. The third kappa shape index (κ3) is 2.18. The lowest BCUT2D eigenvalue weighted by Crippen LogP contribution is -1.84. The van der Waals surface area contributed by atoms with Crippen molar-refractivity contribution in [2.24, 2.45) is 4.99 Å². The Morgan fingerprint density at radius 2 is 2.31 bits per heavy atom. The van der Waals surface area contributed by atoms with Crippen molar-refractivity contribution in [3.8, 4) is 0 Å². The third-order valence-electron chi connectivity index (χ3n) is 2.29. The van der Waals surface area contributed by atoms with Crippen molar-refractivity contribution in [3.05, 3.63) is 28.8 Å². The van der Waals surface area contributed by atoms with Crippen LogP contribution in [-0.4, -0.2) is 11.1 Å². The molecule has 2 aromatic rings. The van der Waals surface area contributed by atoms with Crippen LogP contribution in [0.3, 0.4) is 0 Å². The molecule has 1 aromatic heterocycles. The van der Waals surface area contributed by atoms with Crippen LogP contribution in [0.4, 0.5) is 0 Å². The van der Waals surface area contributed by atoms with Gasteiger partial charge in [-0.15, -0.1) is 11.3 Å². The molecule has 4 heteroatoms. The van der Waals surface area contributed by atoms with Crippen LogP contribution in [0, 0.1) is 0 Å². The van der Waals surface area contributed by atoms with Gasteiger partial charge in [0, 0.05) is 5.92 Å². The standard InChI is InChI=1S/C12H12N2OS/c1-8(2)12-14-10-5-9(6-13-7-15)3-4-11(10)16-12/h3-5,8H,6H2,1-2H3. The number of isocyanates is 1. The highest BCUT2D eigenvalue weighted by molar-refractivity contribution is 7.18. The summed E-state index contributed by atoms with van der Waals surface area (Å²) in [7, 11) is 0. The van der Waals surface area contributed by atoms with Crippen molar-refractivity contribution < 1.29 is 4.79 Å². The van der Waals surface area contributed by atoms with Gasteiger partial charge in [0.25, 0.3) is 0 Å². The molecule has 0 bridgehead atoms. The van der Waals surface area contributed by atoms with Gasteiger partial charge < -0.3 is 0 Å². The summed E-state index contributed by atoms with van der Waals surface area (Å²) in [4.78, 5) is 18.2. The molecule has 2 rings (SSSR count). The fourth-order valence-corrected chi connectivity index (χ4v) is 2.41. The molecule has 1 aromatic carbocycles. The predicted octanol–water partition coefficient (Wildman–Crippen LogP) is 3.26. The summed E-state index contributed by atoms with van der Waals surface area (Å²) in [6.07, 6.45) is 1.54. The molecule has 0 saturated heterocycles. The molecule has 0 N–H and O–H groups in total. The lowest BCUT2D eigenvalue weighted by Gasteiger charge is -1.94. The zero-order chi connectivity index (χ0) is 11.5. The third-order valence-corrected chi connectivity index (χ3v) is 3.63. The fraction of sp³-hybridized carbons (Fsp3) is 0.333. The highest BCUT2D eigenvalue weighted by atomic mass is 32.1. The van der Waals surface area contributed by atoms with Gasteiger partial charge in [0.15, 0.2) is 0 Å². The van der Waals surface area contributed by atoms with Crippen LogP contribution >= 0.6 is 11.3 Å². The molecule has 82 valence electrons. The van der Waals surface area contributed by atoms with E-state index in [0.717, 1.165) is 16.1 Å². The molecule has 0 amide bonds. The number of rotatable bonds is 3. The number of carbonyl (C=O) groups excluding carboxylic acids is 1. The number of aromatic nitrogens is 1. The average molecular weight is 232 g/mol. The van der Waals surface area contributed by atoms with Gasteiger partial charge >= 0.3 is 0 Å². The summed E-state index contributed by atoms with van der Waals surface area (Å²) in [6, 6.07) is 6.00. The van der Waals surface area contributed by atoms with Gasteiger partial charge in [-0.3, -0.25) is 0 Å². The van der Waals surface area contributed by atoms with Crippen LogP contribution in [0.2, 0.25) is 0 Å². The van der Waals surface area contributed by atoms with Crippen molar-refractivity contribution in [2.75, 3.05) is 0 Å². The quantitative estimate of drug-likeness (QED) is 0.602. The SMILES string of the molecule is CC(C)c1nc2cc(CN=C=O)ccc2s1. The second kappa shape index (κ2) is 4.56. The van der Waals surface area contributed by atoms with E-state index in [1.165, 1.54) is 4.70 Å². The largest absolute Gasteiger partial charge is 0.241 e. The minimum atomic E-state index is 0.383. The molecular formula is C12H12N2OS. The molecular weight excluding hydrogens is 220 g/mol. The van der Waals surface area contributed by atoms with E-state index in [4.69, 9.17) is 0 Å². The van der Waals surface area contributed by atoms with Crippen LogP contribution < -0.4 is 0 Å². The van der Waals surface area contributed by atoms with Crippen molar-refractivity contribution >= 4 is 27.6 Å². The Balaban J connectivity index is 2.41. The number of benzene rings is 1. The Hall–Kier alpha value is -1.51. The summed E-state index contributed by atoms with van der Waals surface area (Å²) in [5.41, 5.74) is 1.99. The molecule has 1 heterocycles. The van der Waals surface area contributed by atoms with Gasteiger partial charge in [0.05, 0.1) is 21.8 Å². The Labute approximate surface area is 97.9 Å². The number of fused-ring (bicyclic) bond motifs is 1. The maximum Gasteiger partial charge on any atom is 0.235 e. The molecule has 0 unspecified atom stereocenters. The summed E-state index contributed by atoms with van der Waals surface area (Å²) in [5, 5.41) is 1.14. The Kier molecular flexibility index (Phi) is 3.13. The van der Waals surface area contributed by atoms with Crippen LogP contribution in [0.15, 0.2) is 23.2 Å². The normalized spacial score (nSPS) is 10.7. The topological polar surface area (TPSA) is 42.3 Å². The lowest BCUT2D eigenvalue weighted by molar-refractivity contribution is 0.563. The van der Waals surface area contributed by atoms with E-state index >= 15 is 0 Å². The van der Waals surface area contributed by atoms with E-state index in [1.807, 2.05) is 18.2 Å². The summed E-state index contributed by atoms with van der Waals surface area (Å²) >= 11 is 1.72. The highest BCUT2D eigenvalue weighted by Crippen LogP contribution is 2.27. The van der Waals surface area contributed by atoms with Gasteiger partial charge in [0.2, 0.25) is 6.08 Å². The average Bonchev–Trinajstić information content (AvgIpc) is 2.69. The molecule has 0 fully saturated rings. The molecule has 0 spiro atoms. The summed E-state index contributed by atoms with van der Waals surface area (Å²) in [5.74, 6) is 0.453. The molecule has 3 nitrogen and oxygen atoms in total. The molecule has 16 heavy (non-hydrogen) atoms. The van der Waals surface area contributed by atoms with Gasteiger partial charge in [-0.1, -0.05) is 19.9 Å². The Bertz CT molecular complexity index is 553. The number of hydrogen-bond acceptors (Lipinski definition) is 4. The van der Waals surface area contributed by atoms with Crippen molar-refractivity contribution in [3.63, 3.8) is 0 Å². The molecule has 0 radical (unpaired) electrons. The van der Waals surface area contributed by atoms with E-state index in [0.29, 0.717) is 12.5 Å². The lowest BCUT2D eigenvalue weighted by atomic mass is 10.2. The molecule has 0 saturated carbocycles. The van der Waals surface area contributed by atoms with E-state index in [2.05, 4.69) is 23.8 Å². The van der Waals surface area contributed by atoms with Gasteiger partial charge in [-0.25, -0.2) is 14.8 Å². The van der Waals surface area contributed by atoms with E-state index < -0.39 is 0 Å². The molecule has 0 aliphatic rings. The zero-order valence-electron chi connectivity index (χ0n) is 9.23. The number of aliphatic imine (C=N–C) groups is 1. The molecule has 0 atom stereocenters. The van der Waals surface area contributed by atoms with Crippen LogP contribution in [0.5, 0.6) is 0 Å². The van der Waals surface area contributed by atoms with Gasteiger partial charge in [0.1, 0.15) is 0 Å². The van der Waals surface area contributed by atoms with Crippen molar-refractivity contribution in [1.82, 2.24) is 4.98 Å². The highest BCUT2D eigenvalue weighted by Gasteiger charge is 2.07. The number of thiazole rings is 1. The minimum Gasteiger partial charge on any atom is -0.241 e. The predicted molar refractivity (Wildman–Crippen MR) is 65.5 cm³/mol. The van der Waals surface area contributed by atoms with Gasteiger partial charge in [-0.05, 0) is 17.7 Å². The molecule has 0 aliphatic carbocycles. The second-order valence-corrected chi connectivity index (χ2v) is 4.98. The first kappa shape index (κ1) is 11.0. The summed E-state index contributed by atoms with van der Waals surface area (Å²) in [6.45, 7) is 4.65. The van der Waals surface area contributed by atoms with Gasteiger partial charge in [-0.2, -0.15) is 0 Å². The van der Waals surface area contributed by atoms with Crippen LogP contribution in [-0.2, 0) is 11.3 Å². The van der Waals surface area contributed by atoms with E-state index in [1.54, 1.807) is 17.4 Å². The minimum absolute atomic E-state index is 0.383. The second-order valence-electron chi connectivity index (χ2n) is 3.92.